The number of hydrogen-bond acceptors (Lipinski definition) is 3. The quantitative estimate of drug-likeness (QED) is 0.896. The van der Waals surface area contributed by atoms with Gasteiger partial charge in [-0.25, -0.2) is 9.37 Å². The van der Waals surface area contributed by atoms with Gasteiger partial charge in [-0.05, 0) is 43.9 Å². The van der Waals surface area contributed by atoms with E-state index >= 15 is 0 Å². The molecule has 2 heterocycles. The van der Waals surface area contributed by atoms with Crippen molar-refractivity contribution in [3.05, 3.63) is 59.7 Å². The van der Waals surface area contributed by atoms with E-state index in [-0.39, 0.29) is 18.3 Å². The molecule has 0 spiro atoms. The first-order valence-corrected chi connectivity index (χ1v) is 8.93. The van der Waals surface area contributed by atoms with Gasteiger partial charge in [-0.2, -0.15) is 0 Å². The Labute approximate surface area is 148 Å². The van der Waals surface area contributed by atoms with E-state index in [0.717, 1.165) is 18.7 Å². The van der Waals surface area contributed by atoms with Crippen molar-refractivity contribution in [2.75, 3.05) is 11.4 Å². The average Bonchev–Trinajstić information content (AvgIpc) is 2.67. The molecule has 3 rings (SSSR count). The van der Waals surface area contributed by atoms with Crippen LogP contribution >= 0.6 is 0 Å². The second-order valence-electron chi connectivity index (χ2n) is 6.43. The Bertz CT molecular complexity index is 717. The maximum Gasteiger partial charge on any atom is 0.270 e. The Morgan fingerprint density at radius 2 is 2.12 bits per heavy atom. The first-order valence-electron chi connectivity index (χ1n) is 8.93. The summed E-state index contributed by atoms with van der Waals surface area (Å²) in [7, 11) is 0. The molecule has 1 aromatic carbocycles. The first kappa shape index (κ1) is 17.4. The van der Waals surface area contributed by atoms with E-state index in [2.05, 4.69) is 22.1 Å². The van der Waals surface area contributed by atoms with Crippen molar-refractivity contribution in [2.45, 2.75) is 45.2 Å². The number of aromatic nitrogens is 1. The van der Waals surface area contributed by atoms with E-state index in [1.807, 2.05) is 6.07 Å². The molecule has 4 nitrogen and oxygen atoms in total. The van der Waals surface area contributed by atoms with Crippen molar-refractivity contribution in [3.63, 3.8) is 0 Å². The highest BCUT2D eigenvalue weighted by Gasteiger charge is 2.21. The standard InChI is InChI=1S/C20H24FN3O/c1-2-16-8-5-6-12-24(16)17-10-11-19(22-14-17)20(25)23-13-15-7-3-4-9-18(15)21/h3-4,7,9-11,14,16H,2,5-6,8,12-13H2,1H3,(H,23,25). The molecule has 0 aliphatic carbocycles. The molecule has 1 amide bonds. The zero-order chi connectivity index (χ0) is 17.6. The second kappa shape index (κ2) is 8.10. The van der Waals surface area contributed by atoms with Crippen LogP contribution in [0.5, 0.6) is 0 Å². The van der Waals surface area contributed by atoms with Gasteiger partial charge >= 0.3 is 0 Å². The summed E-state index contributed by atoms with van der Waals surface area (Å²) in [6.07, 6.45) is 6.57. The Kier molecular flexibility index (Phi) is 5.64. The number of piperidine rings is 1. The highest BCUT2D eigenvalue weighted by Crippen LogP contribution is 2.25. The van der Waals surface area contributed by atoms with Gasteiger partial charge in [0.1, 0.15) is 11.5 Å². The first-order chi connectivity index (χ1) is 12.2. The van der Waals surface area contributed by atoms with Gasteiger partial charge in [0.15, 0.2) is 0 Å². The Balaban J connectivity index is 1.63. The molecule has 132 valence electrons. The summed E-state index contributed by atoms with van der Waals surface area (Å²) < 4.78 is 13.6. The lowest BCUT2D eigenvalue weighted by molar-refractivity contribution is 0.0945. The number of rotatable bonds is 5. The number of hydrogen-bond donors (Lipinski definition) is 1. The molecule has 25 heavy (non-hydrogen) atoms. The maximum absolute atomic E-state index is 13.6. The minimum absolute atomic E-state index is 0.152. The third kappa shape index (κ3) is 4.16. The number of nitrogens with zero attached hydrogens (tertiary/aromatic N) is 2. The lowest BCUT2D eigenvalue weighted by Gasteiger charge is -2.37. The number of anilines is 1. The lowest BCUT2D eigenvalue weighted by Crippen LogP contribution is -2.39. The highest BCUT2D eigenvalue weighted by atomic mass is 19.1. The molecule has 1 unspecified atom stereocenters. The van der Waals surface area contributed by atoms with E-state index in [9.17, 15) is 9.18 Å². The van der Waals surface area contributed by atoms with Crippen molar-refractivity contribution in [3.8, 4) is 0 Å². The molecule has 1 saturated heterocycles. The SMILES string of the molecule is CCC1CCCCN1c1ccc(C(=O)NCc2ccccc2F)nc1. The second-order valence-corrected chi connectivity index (χ2v) is 6.43. The molecule has 0 saturated carbocycles. The Hall–Kier alpha value is -2.43. The van der Waals surface area contributed by atoms with Gasteiger partial charge in [-0.1, -0.05) is 25.1 Å². The minimum atomic E-state index is -0.318. The van der Waals surface area contributed by atoms with Crippen LogP contribution in [0.4, 0.5) is 10.1 Å². The number of benzene rings is 1. The van der Waals surface area contributed by atoms with Crippen LogP contribution in [0.15, 0.2) is 42.6 Å². The van der Waals surface area contributed by atoms with Crippen LogP contribution in [0.1, 0.15) is 48.7 Å². The van der Waals surface area contributed by atoms with Crippen LogP contribution in [0, 0.1) is 5.82 Å². The van der Waals surface area contributed by atoms with Crippen molar-refractivity contribution >= 4 is 11.6 Å². The molecule has 0 radical (unpaired) electrons. The summed E-state index contributed by atoms with van der Waals surface area (Å²) in [5.74, 6) is -0.609. The number of pyridine rings is 1. The topological polar surface area (TPSA) is 45.2 Å². The average molecular weight is 341 g/mol. The number of nitrogens with one attached hydrogen (secondary N) is 1. The summed E-state index contributed by atoms with van der Waals surface area (Å²) in [5.41, 5.74) is 1.88. The summed E-state index contributed by atoms with van der Waals surface area (Å²) in [5, 5.41) is 2.72. The molecular formula is C20H24FN3O. The van der Waals surface area contributed by atoms with Crippen LogP contribution in [0.25, 0.3) is 0 Å². The predicted octanol–water partition coefficient (Wildman–Crippen LogP) is 3.92. The van der Waals surface area contributed by atoms with E-state index in [1.165, 1.54) is 25.3 Å². The molecule has 1 fully saturated rings. The zero-order valence-electron chi connectivity index (χ0n) is 14.5. The number of amides is 1. The summed E-state index contributed by atoms with van der Waals surface area (Å²) in [6.45, 7) is 3.40. The van der Waals surface area contributed by atoms with Gasteiger partial charge in [0.2, 0.25) is 0 Å². The normalized spacial score (nSPS) is 17.4. The third-order valence-corrected chi connectivity index (χ3v) is 4.81. The van der Waals surface area contributed by atoms with Crippen LogP contribution in [0.3, 0.4) is 0 Å². The van der Waals surface area contributed by atoms with Crippen molar-refractivity contribution in [2.24, 2.45) is 0 Å². The largest absolute Gasteiger partial charge is 0.367 e. The summed E-state index contributed by atoms with van der Waals surface area (Å²) >= 11 is 0. The minimum Gasteiger partial charge on any atom is -0.367 e. The van der Waals surface area contributed by atoms with E-state index < -0.39 is 0 Å². The van der Waals surface area contributed by atoms with E-state index in [0.29, 0.717) is 17.3 Å². The Morgan fingerprint density at radius 3 is 2.84 bits per heavy atom. The summed E-state index contributed by atoms with van der Waals surface area (Å²) in [6, 6.07) is 10.7. The smallest absolute Gasteiger partial charge is 0.270 e. The maximum atomic E-state index is 13.6. The summed E-state index contributed by atoms with van der Waals surface area (Å²) in [4.78, 5) is 18.9. The van der Waals surface area contributed by atoms with Crippen LogP contribution in [-0.4, -0.2) is 23.5 Å². The molecule has 1 aliphatic heterocycles. The van der Waals surface area contributed by atoms with Crippen LogP contribution < -0.4 is 10.2 Å². The highest BCUT2D eigenvalue weighted by molar-refractivity contribution is 5.92. The molecule has 1 atom stereocenters. The monoisotopic (exact) mass is 341 g/mol. The van der Waals surface area contributed by atoms with Gasteiger partial charge in [0.05, 0.1) is 11.9 Å². The number of carbonyl (C=O) groups is 1. The Morgan fingerprint density at radius 1 is 1.28 bits per heavy atom. The van der Waals surface area contributed by atoms with Gasteiger partial charge in [0, 0.05) is 24.7 Å². The predicted molar refractivity (Wildman–Crippen MR) is 97.1 cm³/mol. The van der Waals surface area contributed by atoms with E-state index in [1.54, 1.807) is 30.5 Å². The molecule has 5 heteroatoms. The van der Waals surface area contributed by atoms with Crippen molar-refractivity contribution < 1.29 is 9.18 Å². The fourth-order valence-electron chi connectivity index (χ4n) is 3.36. The van der Waals surface area contributed by atoms with Gasteiger partial charge in [-0.15, -0.1) is 0 Å². The van der Waals surface area contributed by atoms with E-state index in [4.69, 9.17) is 0 Å². The zero-order valence-corrected chi connectivity index (χ0v) is 14.5. The van der Waals surface area contributed by atoms with Crippen molar-refractivity contribution in [1.29, 1.82) is 0 Å². The fraction of sp³-hybridized carbons (Fsp3) is 0.400. The molecular weight excluding hydrogens is 317 g/mol. The lowest BCUT2D eigenvalue weighted by atomic mass is 9.99. The third-order valence-electron chi connectivity index (χ3n) is 4.81. The van der Waals surface area contributed by atoms with Crippen LogP contribution in [0.2, 0.25) is 0 Å². The fourth-order valence-corrected chi connectivity index (χ4v) is 3.36. The van der Waals surface area contributed by atoms with Gasteiger partial charge in [0.25, 0.3) is 5.91 Å². The molecule has 1 aromatic heterocycles. The molecule has 1 N–H and O–H groups in total. The number of carbonyl (C=O) groups excluding carboxylic acids is 1. The molecule has 2 aromatic rings. The van der Waals surface area contributed by atoms with Gasteiger partial charge in [-0.3, -0.25) is 4.79 Å². The molecule has 0 bridgehead atoms. The number of halogens is 1. The van der Waals surface area contributed by atoms with Crippen molar-refractivity contribution in [1.82, 2.24) is 10.3 Å². The molecule has 1 aliphatic rings. The van der Waals surface area contributed by atoms with Crippen LogP contribution in [-0.2, 0) is 6.54 Å². The van der Waals surface area contributed by atoms with Gasteiger partial charge < -0.3 is 10.2 Å².